The van der Waals surface area contributed by atoms with E-state index in [1.807, 2.05) is 25.7 Å². The van der Waals surface area contributed by atoms with E-state index in [0.29, 0.717) is 13.0 Å². The number of hydrogen-bond acceptors (Lipinski definition) is 2. The van der Waals surface area contributed by atoms with Crippen LogP contribution in [-0.4, -0.2) is 35.8 Å². The van der Waals surface area contributed by atoms with E-state index >= 15 is 0 Å². The van der Waals surface area contributed by atoms with Gasteiger partial charge < -0.3 is 10.2 Å². The van der Waals surface area contributed by atoms with Crippen molar-refractivity contribution in [1.82, 2.24) is 10.2 Å². The van der Waals surface area contributed by atoms with Crippen LogP contribution in [0.15, 0.2) is 0 Å². The summed E-state index contributed by atoms with van der Waals surface area (Å²) >= 11 is 0. The van der Waals surface area contributed by atoms with Crippen LogP contribution < -0.4 is 5.32 Å². The summed E-state index contributed by atoms with van der Waals surface area (Å²) in [6.45, 7) is 13.3. The van der Waals surface area contributed by atoms with E-state index in [1.165, 1.54) is 0 Å². The molecule has 0 aromatic carbocycles. The van der Waals surface area contributed by atoms with E-state index in [4.69, 9.17) is 0 Å². The fraction of sp³-hybridized carbons (Fsp3) is 0.867. The molecule has 4 heteroatoms. The lowest BCUT2D eigenvalue weighted by molar-refractivity contribution is -0.133. The van der Waals surface area contributed by atoms with Gasteiger partial charge in [-0.1, -0.05) is 41.5 Å². The van der Waals surface area contributed by atoms with Gasteiger partial charge in [0, 0.05) is 31.0 Å². The summed E-state index contributed by atoms with van der Waals surface area (Å²) in [7, 11) is 0. The summed E-state index contributed by atoms with van der Waals surface area (Å²) in [6, 6.07) is 0.107. The molecule has 0 bridgehead atoms. The molecule has 4 nitrogen and oxygen atoms in total. The SMILES string of the molecule is CC(C)(C)CC(=O)N1CCC(NC(=O)C(C)(C)C)C1. The maximum Gasteiger partial charge on any atom is 0.225 e. The predicted molar refractivity (Wildman–Crippen MR) is 76.7 cm³/mol. The van der Waals surface area contributed by atoms with E-state index in [1.54, 1.807) is 0 Å². The van der Waals surface area contributed by atoms with Crippen molar-refractivity contribution in [2.45, 2.75) is 60.4 Å². The molecule has 2 amide bonds. The minimum atomic E-state index is -0.372. The van der Waals surface area contributed by atoms with Gasteiger partial charge in [0.1, 0.15) is 0 Å². The number of amides is 2. The van der Waals surface area contributed by atoms with Crippen molar-refractivity contribution in [3.63, 3.8) is 0 Å². The van der Waals surface area contributed by atoms with Crippen molar-refractivity contribution in [3.8, 4) is 0 Å². The molecular weight excluding hydrogens is 240 g/mol. The third kappa shape index (κ3) is 5.21. The van der Waals surface area contributed by atoms with Crippen molar-refractivity contribution < 1.29 is 9.59 Å². The third-order valence-electron chi connectivity index (χ3n) is 3.24. The van der Waals surface area contributed by atoms with Crippen LogP contribution in [0.2, 0.25) is 0 Å². The monoisotopic (exact) mass is 268 g/mol. The second kappa shape index (κ2) is 5.51. The van der Waals surface area contributed by atoms with Crippen LogP contribution >= 0.6 is 0 Å². The van der Waals surface area contributed by atoms with Crippen LogP contribution in [0.3, 0.4) is 0 Å². The first-order valence-corrected chi connectivity index (χ1v) is 7.08. The highest BCUT2D eigenvalue weighted by Crippen LogP contribution is 2.22. The van der Waals surface area contributed by atoms with Gasteiger partial charge in [0.05, 0.1) is 0 Å². The molecule has 1 N–H and O–H groups in total. The summed E-state index contributed by atoms with van der Waals surface area (Å²) in [6.07, 6.45) is 1.42. The Hall–Kier alpha value is -1.06. The standard InChI is InChI=1S/C15H28N2O2/c1-14(2,3)9-12(18)17-8-7-11(10-17)16-13(19)15(4,5)6/h11H,7-10H2,1-6H3,(H,16,19). The Morgan fingerprint density at radius 1 is 1.16 bits per heavy atom. The first-order chi connectivity index (χ1) is 8.49. The van der Waals surface area contributed by atoms with Crippen molar-refractivity contribution in [2.75, 3.05) is 13.1 Å². The molecule has 1 saturated heterocycles. The number of nitrogens with one attached hydrogen (secondary N) is 1. The van der Waals surface area contributed by atoms with Gasteiger partial charge >= 0.3 is 0 Å². The average Bonchev–Trinajstić information content (AvgIpc) is 2.62. The van der Waals surface area contributed by atoms with Gasteiger partial charge in [0.15, 0.2) is 0 Å². The Bertz CT molecular complexity index is 350. The second-order valence-corrected chi connectivity index (χ2v) is 7.79. The summed E-state index contributed by atoms with van der Waals surface area (Å²) in [5.41, 5.74) is -0.354. The molecule has 1 heterocycles. The summed E-state index contributed by atoms with van der Waals surface area (Å²) < 4.78 is 0. The fourth-order valence-corrected chi connectivity index (χ4v) is 2.07. The number of nitrogens with zero attached hydrogens (tertiary/aromatic N) is 1. The zero-order chi connectivity index (χ0) is 14.8. The first-order valence-electron chi connectivity index (χ1n) is 7.08. The van der Waals surface area contributed by atoms with Crippen molar-refractivity contribution >= 4 is 11.8 Å². The van der Waals surface area contributed by atoms with Crippen LogP contribution in [-0.2, 0) is 9.59 Å². The first kappa shape index (κ1) is 16.0. The predicted octanol–water partition coefficient (Wildman–Crippen LogP) is 2.19. The maximum atomic E-state index is 12.1. The van der Waals surface area contributed by atoms with Gasteiger partial charge in [-0.2, -0.15) is 0 Å². The van der Waals surface area contributed by atoms with E-state index in [-0.39, 0.29) is 28.7 Å². The molecule has 1 unspecified atom stereocenters. The largest absolute Gasteiger partial charge is 0.351 e. The highest BCUT2D eigenvalue weighted by molar-refractivity contribution is 5.82. The maximum absolute atomic E-state index is 12.1. The molecule has 1 atom stereocenters. The Kier molecular flexibility index (Phi) is 4.64. The lowest BCUT2D eigenvalue weighted by Gasteiger charge is -2.24. The van der Waals surface area contributed by atoms with E-state index < -0.39 is 0 Å². The van der Waals surface area contributed by atoms with Crippen LogP contribution in [0, 0.1) is 10.8 Å². The molecule has 1 aliphatic rings. The molecule has 0 spiro atoms. The zero-order valence-electron chi connectivity index (χ0n) is 13.2. The average molecular weight is 268 g/mol. The van der Waals surface area contributed by atoms with E-state index in [9.17, 15) is 9.59 Å². The van der Waals surface area contributed by atoms with Crippen LogP contribution in [0.5, 0.6) is 0 Å². The number of rotatable bonds is 2. The van der Waals surface area contributed by atoms with Gasteiger partial charge in [-0.05, 0) is 11.8 Å². The lowest BCUT2D eigenvalue weighted by atomic mass is 9.92. The van der Waals surface area contributed by atoms with E-state index in [2.05, 4.69) is 26.1 Å². The quantitative estimate of drug-likeness (QED) is 0.834. The van der Waals surface area contributed by atoms with Gasteiger partial charge in [-0.15, -0.1) is 0 Å². The third-order valence-corrected chi connectivity index (χ3v) is 3.24. The summed E-state index contributed by atoms with van der Waals surface area (Å²) in [5.74, 6) is 0.252. The molecule has 0 saturated carbocycles. The molecular formula is C15H28N2O2. The smallest absolute Gasteiger partial charge is 0.225 e. The van der Waals surface area contributed by atoms with Gasteiger partial charge in [0.2, 0.25) is 11.8 Å². The minimum absolute atomic E-state index is 0.0177. The van der Waals surface area contributed by atoms with Gasteiger partial charge in [-0.25, -0.2) is 0 Å². The molecule has 1 rings (SSSR count). The van der Waals surface area contributed by atoms with Gasteiger partial charge in [-0.3, -0.25) is 9.59 Å². The molecule has 1 aliphatic heterocycles. The highest BCUT2D eigenvalue weighted by atomic mass is 16.2. The van der Waals surface area contributed by atoms with Crippen molar-refractivity contribution in [3.05, 3.63) is 0 Å². The topological polar surface area (TPSA) is 49.4 Å². The van der Waals surface area contributed by atoms with E-state index in [0.717, 1.165) is 13.0 Å². The fourth-order valence-electron chi connectivity index (χ4n) is 2.07. The molecule has 19 heavy (non-hydrogen) atoms. The normalized spacial score (nSPS) is 20.5. The molecule has 0 aromatic rings. The molecule has 1 fully saturated rings. The lowest BCUT2D eigenvalue weighted by Crippen LogP contribution is -2.43. The number of carbonyl (C=O) groups excluding carboxylic acids is 2. The summed E-state index contributed by atoms with van der Waals surface area (Å²) in [4.78, 5) is 25.9. The Balaban J connectivity index is 2.46. The molecule has 0 aromatic heterocycles. The van der Waals surface area contributed by atoms with Crippen LogP contribution in [0.25, 0.3) is 0 Å². The number of hydrogen-bond donors (Lipinski definition) is 1. The van der Waals surface area contributed by atoms with Gasteiger partial charge in [0.25, 0.3) is 0 Å². The number of likely N-dealkylation sites (tertiary alicyclic amines) is 1. The second-order valence-electron chi connectivity index (χ2n) is 7.79. The van der Waals surface area contributed by atoms with Crippen LogP contribution in [0.1, 0.15) is 54.4 Å². The Morgan fingerprint density at radius 3 is 2.21 bits per heavy atom. The minimum Gasteiger partial charge on any atom is -0.351 e. The molecule has 0 aliphatic carbocycles. The zero-order valence-corrected chi connectivity index (χ0v) is 13.2. The Labute approximate surface area is 116 Å². The molecule has 110 valence electrons. The number of carbonyl (C=O) groups is 2. The Morgan fingerprint density at radius 2 is 1.74 bits per heavy atom. The molecule has 0 radical (unpaired) electrons. The van der Waals surface area contributed by atoms with Crippen molar-refractivity contribution in [1.29, 1.82) is 0 Å². The van der Waals surface area contributed by atoms with Crippen molar-refractivity contribution in [2.24, 2.45) is 10.8 Å². The summed E-state index contributed by atoms with van der Waals surface area (Å²) in [5, 5.41) is 3.03. The highest BCUT2D eigenvalue weighted by Gasteiger charge is 2.31. The van der Waals surface area contributed by atoms with Crippen LogP contribution in [0.4, 0.5) is 0 Å².